The first-order valence-corrected chi connectivity index (χ1v) is 6.36. The monoisotopic (exact) mass is 325 g/mol. The molecule has 0 spiro atoms. The van der Waals surface area contributed by atoms with E-state index in [1.54, 1.807) is 6.07 Å². The van der Waals surface area contributed by atoms with Crippen molar-refractivity contribution in [1.29, 1.82) is 0 Å². The van der Waals surface area contributed by atoms with Gasteiger partial charge in [-0.1, -0.05) is 13.0 Å². The number of piperazine rings is 1. The van der Waals surface area contributed by atoms with Crippen molar-refractivity contribution in [3.8, 4) is 5.75 Å². The van der Waals surface area contributed by atoms with E-state index in [0.717, 1.165) is 38.2 Å². The second-order valence-electron chi connectivity index (χ2n) is 4.61. The van der Waals surface area contributed by atoms with Crippen LogP contribution in [0.25, 0.3) is 0 Å². The third-order valence-corrected chi connectivity index (χ3v) is 3.53. The van der Waals surface area contributed by atoms with Crippen LogP contribution in [0, 0.1) is 5.82 Å². The number of nitrogens with one attached hydrogen (secondary N) is 1. The van der Waals surface area contributed by atoms with Gasteiger partial charge in [-0.15, -0.1) is 24.8 Å². The second-order valence-corrected chi connectivity index (χ2v) is 4.61. The number of phenolic OH excluding ortho intramolecular Hbond substituents is 1. The molecule has 0 aromatic heterocycles. The summed E-state index contributed by atoms with van der Waals surface area (Å²) in [5, 5.41) is 13.3. The van der Waals surface area contributed by atoms with E-state index < -0.39 is 5.82 Å². The highest BCUT2D eigenvalue weighted by molar-refractivity contribution is 5.85. The predicted molar refractivity (Wildman–Crippen MR) is 84.4 cm³/mol. The molecule has 0 radical (unpaired) electrons. The first kappa shape index (κ1) is 19.2. The van der Waals surface area contributed by atoms with Crippen LogP contribution in [-0.4, -0.2) is 36.2 Å². The van der Waals surface area contributed by atoms with Crippen molar-refractivity contribution in [3.63, 3.8) is 0 Å². The lowest BCUT2D eigenvalue weighted by atomic mass is 10.00. The Bertz CT molecular complexity index is 428. The van der Waals surface area contributed by atoms with Gasteiger partial charge in [0.15, 0.2) is 0 Å². The zero-order valence-corrected chi connectivity index (χ0v) is 13.1. The molecule has 20 heavy (non-hydrogen) atoms. The van der Waals surface area contributed by atoms with Crippen molar-refractivity contribution in [3.05, 3.63) is 23.5 Å². The second kappa shape index (κ2) is 8.52. The maximum Gasteiger partial charge on any atom is 0.149 e. The lowest BCUT2D eigenvalue weighted by Gasteiger charge is -2.35. The minimum atomic E-state index is -0.564. The van der Waals surface area contributed by atoms with Gasteiger partial charge in [-0.2, -0.15) is 0 Å². The Morgan fingerprint density at radius 1 is 1.35 bits per heavy atom. The summed E-state index contributed by atoms with van der Waals surface area (Å²) < 4.78 is 13.3. The fourth-order valence-electron chi connectivity index (χ4n) is 2.54. The summed E-state index contributed by atoms with van der Waals surface area (Å²) in [6.07, 6.45) is 0.860. The van der Waals surface area contributed by atoms with Crippen LogP contribution in [0.15, 0.2) is 12.1 Å². The summed E-state index contributed by atoms with van der Waals surface area (Å²) in [4.78, 5) is 2.29. The molecule has 116 valence electrons. The SMILES string of the molecule is CC[C@@H](c1ccc(F)c(N)c1O)N1CCNCC1.Cl.Cl. The highest BCUT2D eigenvalue weighted by atomic mass is 35.5. The maximum absolute atomic E-state index is 13.3. The zero-order chi connectivity index (χ0) is 13.1. The van der Waals surface area contributed by atoms with Crippen molar-refractivity contribution >= 4 is 30.5 Å². The van der Waals surface area contributed by atoms with Crippen molar-refractivity contribution in [2.24, 2.45) is 0 Å². The number of nitrogens with zero attached hydrogens (tertiary/aromatic N) is 1. The van der Waals surface area contributed by atoms with E-state index in [2.05, 4.69) is 17.1 Å². The number of aromatic hydroxyl groups is 1. The molecule has 7 heteroatoms. The number of hydrogen-bond donors (Lipinski definition) is 3. The van der Waals surface area contributed by atoms with Crippen molar-refractivity contribution in [2.75, 3.05) is 31.9 Å². The molecular weight excluding hydrogens is 304 g/mol. The normalized spacial score (nSPS) is 16.9. The van der Waals surface area contributed by atoms with Gasteiger partial charge in [0.1, 0.15) is 17.3 Å². The average molecular weight is 326 g/mol. The van der Waals surface area contributed by atoms with Crippen molar-refractivity contribution in [2.45, 2.75) is 19.4 Å². The van der Waals surface area contributed by atoms with E-state index in [1.165, 1.54) is 6.07 Å². The topological polar surface area (TPSA) is 61.5 Å². The molecule has 1 heterocycles. The minimum absolute atomic E-state index is 0. The van der Waals surface area contributed by atoms with Crippen molar-refractivity contribution in [1.82, 2.24) is 10.2 Å². The first-order valence-electron chi connectivity index (χ1n) is 6.36. The Morgan fingerprint density at radius 2 is 1.95 bits per heavy atom. The number of nitrogen functional groups attached to an aromatic ring is 1. The fourth-order valence-corrected chi connectivity index (χ4v) is 2.54. The molecule has 1 aliphatic heterocycles. The Labute approximate surface area is 131 Å². The van der Waals surface area contributed by atoms with E-state index in [1.807, 2.05) is 0 Å². The smallest absolute Gasteiger partial charge is 0.149 e. The van der Waals surface area contributed by atoms with Gasteiger partial charge in [-0.3, -0.25) is 4.90 Å². The third-order valence-electron chi connectivity index (χ3n) is 3.53. The third kappa shape index (κ3) is 3.88. The lowest BCUT2D eigenvalue weighted by molar-refractivity contribution is 0.167. The van der Waals surface area contributed by atoms with Gasteiger partial charge in [0.25, 0.3) is 0 Å². The van der Waals surface area contributed by atoms with Crippen LogP contribution in [0.5, 0.6) is 5.75 Å². The molecule has 1 fully saturated rings. The molecule has 4 N–H and O–H groups in total. The molecule has 0 unspecified atom stereocenters. The summed E-state index contributed by atoms with van der Waals surface area (Å²) in [7, 11) is 0. The number of hydrogen-bond acceptors (Lipinski definition) is 4. The molecule has 1 atom stereocenters. The minimum Gasteiger partial charge on any atom is -0.505 e. The zero-order valence-electron chi connectivity index (χ0n) is 11.4. The summed E-state index contributed by atoms with van der Waals surface area (Å²) in [6.45, 7) is 5.79. The van der Waals surface area contributed by atoms with Crippen LogP contribution in [0.2, 0.25) is 0 Å². The molecule has 1 aliphatic rings. The van der Waals surface area contributed by atoms with Crippen LogP contribution in [-0.2, 0) is 0 Å². The molecule has 0 bridgehead atoms. The van der Waals surface area contributed by atoms with Crippen LogP contribution in [0.3, 0.4) is 0 Å². The molecule has 0 amide bonds. The summed E-state index contributed by atoms with van der Waals surface area (Å²) in [6, 6.07) is 3.06. The fraction of sp³-hybridized carbons (Fsp3) is 0.538. The first-order chi connectivity index (χ1) is 8.65. The Hall–Kier alpha value is -0.750. The van der Waals surface area contributed by atoms with Gasteiger partial charge >= 0.3 is 0 Å². The Balaban J connectivity index is 0.00000180. The van der Waals surface area contributed by atoms with Gasteiger partial charge < -0.3 is 16.2 Å². The summed E-state index contributed by atoms with van der Waals surface area (Å²) >= 11 is 0. The molecule has 1 aromatic carbocycles. The number of rotatable bonds is 3. The Morgan fingerprint density at radius 3 is 2.50 bits per heavy atom. The number of nitrogens with two attached hydrogens (primary N) is 1. The quantitative estimate of drug-likeness (QED) is 0.589. The van der Waals surface area contributed by atoms with Crippen LogP contribution >= 0.6 is 24.8 Å². The maximum atomic E-state index is 13.3. The van der Waals surface area contributed by atoms with Gasteiger partial charge in [-0.25, -0.2) is 4.39 Å². The van der Waals surface area contributed by atoms with E-state index in [9.17, 15) is 9.50 Å². The van der Waals surface area contributed by atoms with Crippen molar-refractivity contribution < 1.29 is 9.50 Å². The Kier molecular flexibility index (Phi) is 8.20. The number of halogens is 3. The number of anilines is 1. The molecule has 4 nitrogen and oxygen atoms in total. The van der Waals surface area contributed by atoms with E-state index in [4.69, 9.17) is 5.73 Å². The van der Waals surface area contributed by atoms with E-state index >= 15 is 0 Å². The predicted octanol–water partition coefficient (Wildman–Crippen LogP) is 2.31. The highest BCUT2D eigenvalue weighted by Crippen LogP contribution is 2.36. The number of benzene rings is 1. The largest absolute Gasteiger partial charge is 0.505 e. The lowest BCUT2D eigenvalue weighted by Crippen LogP contribution is -2.45. The van der Waals surface area contributed by atoms with Gasteiger partial charge in [-0.05, 0) is 12.5 Å². The van der Waals surface area contributed by atoms with E-state index in [0.29, 0.717) is 0 Å². The van der Waals surface area contributed by atoms with Gasteiger partial charge in [0, 0.05) is 37.8 Å². The highest BCUT2D eigenvalue weighted by Gasteiger charge is 2.24. The summed E-state index contributed by atoms with van der Waals surface area (Å²) in [5.41, 5.74) is 6.12. The van der Waals surface area contributed by atoms with Crippen LogP contribution < -0.4 is 11.1 Å². The van der Waals surface area contributed by atoms with Crippen LogP contribution in [0.4, 0.5) is 10.1 Å². The average Bonchev–Trinajstić information content (AvgIpc) is 2.41. The molecular formula is C13H22Cl2FN3O. The molecule has 1 saturated heterocycles. The molecule has 0 aliphatic carbocycles. The van der Waals surface area contributed by atoms with Crippen LogP contribution in [0.1, 0.15) is 24.9 Å². The molecule has 2 rings (SSSR count). The van der Waals surface area contributed by atoms with E-state index in [-0.39, 0.29) is 42.3 Å². The number of phenols is 1. The molecule has 1 aromatic rings. The van der Waals surface area contributed by atoms with Gasteiger partial charge in [0.2, 0.25) is 0 Å². The summed E-state index contributed by atoms with van der Waals surface area (Å²) in [5.74, 6) is -0.674. The van der Waals surface area contributed by atoms with Gasteiger partial charge in [0.05, 0.1) is 0 Å². The standard InChI is InChI=1S/C13H20FN3O.2ClH/c1-2-11(17-7-5-16-6-8-17)9-3-4-10(14)12(15)13(9)18;;/h3-4,11,16,18H,2,5-8,15H2,1H3;2*1H/t11-;;/m0../s1. The molecule has 0 saturated carbocycles.